The maximum Gasteiger partial charge on any atom is 0.330 e. The predicted molar refractivity (Wildman–Crippen MR) is 103 cm³/mol. The molecule has 0 radical (unpaired) electrons. The number of hydrogen-bond acceptors (Lipinski definition) is 5. The van der Waals surface area contributed by atoms with Crippen molar-refractivity contribution in [2.75, 3.05) is 6.61 Å². The maximum atomic E-state index is 12.7. The van der Waals surface area contributed by atoms with Crippen molar-refractivity contribution in [1.29, 1.82) is 0 Å². The van der Waals surface area contributed by atoms with Crippen molar-refractivity contribution < 1.29 is 14.4 Å². The van der Waals surface area contributed by atoms with Crippen molar-refractivity contribution in [3.8, 4) is 0 Å². The largest absolute Gasteiger partial charge is 0.330 e. The van der Waals surface area contributed by atoms with Gasteiger partial charge in [-0.15, -0.1) is 5.59 Å². The van der Waals surface area contributed by atoms with Gasteiger partial charge in [0.05, 0.1) is 6.61 Å². The Morgan fingerprint density at radius 1 is 1.23 bits per heavy atom. The number of nitrogens with one attached hydrogen (secondary N) is 3. The van der Waals surface area contributed by atoms with E-state index < -0.39 is 6.03 Å². The fourth-order valence-electron chi connectivity index (χ4n) is 2.53. The van der Waals surface area contributed by atoms with Gasteiger partial charge in [-0.05, 0) is 50.0 Å². The van der Waals surface area contributed by atoms with Gasteiger partial charge in [-0.3, -0.25) is 25.3 Å². The molecule has 1 aromatic rings. The van der Waals surface area contributed by atoms with E-state index in [1.54, 1.807) is 24.3 Å². The summed E-state index contributed by atoms with van der Waals surface area (Å²) >= 11 is 5.07. The number of imide groups is 1. The summed E-state index contributed by atoms with van der Waals surface area (Å²) in [6, 6.07) is 8.15. The van der Waals surface area contributed by atoms with Crippen LogP contribution in [0, 0.1) is 0 Å². The van der Waals surface area contributed by atoms with E-state index in [0.29, 0.717) is 12.2 Å². The van der Waals surface area contributed by atoms with E-state index in [4.69, 9.17) is 17.1 Å². The van der Waals surface area contributed by atoms with Gasteiger partial charge in [0, 0.05) is 11.6 Å². The molecule has 0 spiro atoms. The highest BCUT2D eigenvalue weighted by Crippen LogP contribution is 2.26. The van der Waals surface area contributed by atoms with Crippen molar-refractivity contribution in [3.63, 3.8) is 0 Å². The number of rotatable bonds is 8. The average Bonchev–Trinajstić information content (AvgIpc) is 2.61. The number of amides is 3. The van der Waals surface area contributed by atoms with Crippen molar-refractivity contribution in [2.45, 2.75) is 51.5 Å². The van der Waals surface area contributed by atoms with Crippen LogP contribution >= 0.6 is 12.2 Å². The van der Waals surface area contributed by atoms with Crippen molar-refractivity contribution in [2.24, 2.45) is 0 Å². The van der Waals surface area contributed by atoms with Crippen LogP contribution in [0.3, 0.4) is 0 Å². The van der Waals surface area contributed by atoms with E-state index in [1.807, 2.05) is 6.07 Å². The number of carbonyl (C=O) groups is 2. The molecule has 0 unspecified atom stereocenters. The minimum atomic E-state index is -0.533. The topological polar surface area (TPSA) is 82.7 Å². The average molecular weight is 378 g/mol. The standard InChI is InChI=1S/C18H26N4O3S/c1-2-3-7-13-25-21-20-17(26)19-18(24)22(15-11-8-12-15)16(23)14-9-5-4-6-10-14/h4-6,9-10,15,21H,2-3,7-8,11-13H2,1H3,(H2,19,20,24,26). The molecular weight excluding hydrogens is 352 g/mol. The summed E-state index contributed by atoms with van der Waals surface area (Å²) in [5.41, 5.74) is 5.56. The normalized spacial score (nSPS) is 13.6. The molecule has 0 aliphatic heterocycles. The first-order valence-corrected chi connectivity index (χ1v) is 9.40. The van der Waals surface area contributed by atoms with Crippen molar-refractivity contribution >= 4 is 29.3 Å². The van der Waals surface area contributed by atoms with Gasteiger partial charge in [-0.25, -0.2) is 4.79 Å². The molecule has 0 bridgehead atoms. The minimum absolute atomic E-state index is 0.0516. The molecule has 3 amide bonds. The first-order valence-electron chi connectivity index (χ1n) is 8.99. The zero-order chi connectivity index (χ0) is 18.8. The predicted octanol–water partition coefficient (Wildman–Crippen LogP) is 2.89. The molecule has 2 rings (SSSR count). The Hall–Kier alpha value is -2.03. The van der Waals surface area contributed by atoms with E-state index in [1.165, 1.54) is 4.90 Å². The fraction of sp³-hybridized carbons (Fsp3) is 0.500. The third kappa shape index (κ3) is 6.05. The molecule has 1 aromatic carbocycles. The number of carbonyl (C=O) groups excluding carboxylic acids is 2. The molecule has 3 N–H and O–H groups in total. The highest BCUT2D eigenvalue weighted by atomic mass is 32.1. The van der Waals surface area contributed by atoms with Crippen LogP contribution in [0.2, 0.25) is 0 Å². The summed E-state index contributed by atoms with van der Waals surface area (Å²) in [4.78, 5) is 31.7. The molecule has 8 heteroatoms. The molecular formula is C18H26N4O3S. The Balaban J connectivity index is 1.85. The zero-order valence-corrected chi connectivity index (χ0v) is 15.8. The van der Waals surface area contributed by atoms with Crippen molar-refractivity contribution in [3.05, 3.63) is 35.9 Å². The number of nitrogens with zero attached hydrogens (tertiary/aromatic N) is 1. The lowest BCUT2D eigenvalue weighted by Crippen LogP contribution is -2.56. The molecule has 1 fully saturated rings. The van der Waals surface area contributed by atoms with Gasteiger partial charge in [0.15, 0.2) is 5.11 Å². The van der Waals surface area contributed by atoms with E-state index >= 15 is 0 Å². The van der Waals surface area contributed by atoms with Crippen molar-refractivity contribution in [1.82, 2.24) is 21.2 Å². The van der Waals surface area contributed by atoms with Gasteiger partial charge < -0.3 is 0 Å². The van der Waals surface area contributed by atoms with Gasteiger partial charge in [0.1, 0.15) is 0 Å². The molecule has 0 saturated heterocycles. The van der Waals surface area contributed by atoms with Crippen LogP contribution in [0.15, 0.2) is 30.3 Å². The zero-order valence-electron chi connectivity index (χ0n) is 15.0. The van der Waals surface area contributed by atoms with Gasteiger partial charge in [0.25, 0.3) is 5.91 Å². The van der Waals surface area contributed by atoms with E-state index in [9.17, 15) is 9.59 Å². The van der Waals surface area contributed by atoms with Crippen LogP contribution in [-0.4, -0.2) is 34.6 Å². The summed E-state index contributed by atoms with van der Waals surface area (Å²) in [5.74, 6) is -0.320. The molecule has 1 aliphatic rings. The number of thiocarbonyl (C=S) groups is 1. The van der Waals surface area contributed by atoms with Crippen LogP contribution < -0.4 is 16.3 Å². The lowest BCUT2D eigenvalue weighted by Gasteiger charge is -2.35. The second kappa shape index (κ2) is 10.8. The maximum absolute atomic E-state index is 12.7. The Kier molecular flexibility index (Phi) is 8.46. The van der Waals surface area contributed by atoms with Crippen LogP contribution in [0.25, 0.3) is 0 Å². The second-order valence-electron chi connectivity index (χ2n) is 6.17. The summed E-state index contributed by atoms with van der Waals surface area (Å²) in [7, 11) is 0. The third-order valence-corrected chi connectivity index (χ3v) is 4.41. The summed E-state index contributed by atoms with van der Waals surface area (Å²) in [6.45, 7) is 2.65. The first kappa shape index (κ1) is 20.3. The number of benzene rings is 1. The van der Waals surface area contributed by atoms with Crippen LogP contribution in [0.5, 0.6) is 0 Å². The Bertz CT molecular complexity index is 608. The SMILES string of the molecule is CCCCCONNC(=S)NC(=O)N(C(=O)c1ccccc1)C1CCC1. The van der Waals surface area contributed by atoms with E-state index in [0.717, 1.165) is 38.5 Å². The Morgan fingerprint density at radius 2 is 1.96 bits per heavy atom. The van der Waals surface area contributed by atoms with Gasteiger partial charge in [0.2, 0.25) is 0 Å². The molecule has 7 nitrogen and oxygen atoms in total. The number of urea groups is 1. The molecule has 1 aliphatic carbocycles. The minimum Gasteiger partial charge on any atom is -0.283 e. The summed E-state index contributed by atoms with van der Waals surface area (Å²) < 4.78 is 0. The summed E-state index contributed by atoms with van der Waals surface area (Å²) in [6.07, 6.45) is 5.76. The Labute approximate surface area is 159 Å². The van der Waals surface area contributed by atoms with Gasteiger partial charge in [-0.1, -0.05) is 38.0 Å². The molecule has 0 aromatic heterocycles. The molecule has 0 atom stereocenters. The van der Waals surface area contributed by atoms with Crippen LogP contribution in [0.1, 0.15) is 55.8 Å². The monoisotopic (exact) mass is 378 g/mol. The fourth-order valence-corrected chi connectivity index (χ4v) is 2.66. The van der Waals surface area contributed by atoms with Gasteiger partial charge in [-0.2, -0.15) is 0 Å². The first-order chi connectivity index (χ1) is 12.6. The smallest absolute Gasteiger partial charge is 0.283 e. The summed E-state index contributed by atoms with van der Waals surface area (Å²) in [5, 5.41) is 2.58. The lowest BCUT2D eigenvalue weighted by atomic mass is 9.91. The Morgan fingerprint density at radius 3 is 2.58 bits per heavy atom. The number of hydrazine groups is 1. The van der Waals surface area contributed by atoms with Crippen LogP contribution in [-0.2, 0) is 4.84 Å². The quantitative estimate of drug-likeness (QED) is 0.367. The second-order valence-corrected chi connectivity index (χ2v) is 6.58. The molecule has 1 saturated carbocycles. The lowest BCUT2D eigenvalue weighted by molar-refractivity contribution is 0.0229. The number of hydrogen-bond donors (Lipinski definition) is 3. The van der Waals surface area contributed by atoms with E-state index in [2.05, 4.69) is 23.3 Å². The van der Waals surface area contributed by atoms with Crippen LogP contribution in [0.4, 0.5) is 4.79 Å². The van der Waals surface area contributed by atoms with E-state index in [-0.39, 0.29) is 17.1 Å². The highest BCUT2D eigenvalue weighted by molar-refractivity contribution is 7.80. The molecule has 142 valence electrons. The third-order valence-electron chi connectivity index (χ3n) is 4.21. The van der Waals surface area contributed by atoms with Gasteiger partial charge >= 0.3 is 6.03 Å². The molecule has 26 heavy (non-hydrogen) atoms. The number of unbranched alkanes of at least 4 members (excludes halogenated alkanes) is 2. The molecule has 0 heterocycles. The highest BCUT2D eigenvalue weighted by Gasteiger charge is 2.34.